The van der Waals surface area contributed by atoms with Crippen molar-refractivity contribution in [2.45, 2.75) is 18.9 Å². The maximum absolute atomic E-state index is 12.4. The highest BCUT2D eigenvalue weighted by atomic mass is 16.5. The Morgan fingerprint density at radius 2 is 2.24 bits per heavy atom. The van der Waals surface area contributed by atoms with Crippen LogP contribution in [0, 0.1) is 0 Å². The van der Waals surface area contributed by atoms with Crippen molar-refractivity contribution in [3.8, 4) is 5.75 Å². The van der Waals surface area contributed by atoms with Crippen LogP contribution in [0.4, 0.5) is 5.69 Å². The SMILES string of the molecule is C=NC(=O)C1CCCN1C(=O)CNc1cccc(OCCN(C)C)c1. The van der Waals surface area contributed by atoms with Gasteiger partial charge in [0, 0.05) is 24.8 Å². The molecular formula is C18H26N4O3. The molecule has 2 rings (SSSR count). The average molecular weight is 346 g/mol. The molecule has 25 heavy (non-hydrogen) atoms. The highest BCUT2D eigenvalue weighted by Crippen LogP contribution is 2.20. The van der Waals surface area contributed by atoms with E-state index >= 15 is 0 Å². The molecule has 1 aliphatic heterocycles. The second kappa shape index (κ2) is 9.17. The van der Waals surface area contributed by atoms with Gasteiger partial charge in [-0.25, -0.2) is 4.99 Å². The van der Waals surface area contributed by atoms with E-state index in [0.29, 0.717) is 19.6 Å². The van der Waals surface area contributed by atoms with E-state index in [1.165, 1.54) is 0 Å². The van der Waals surface area contributed by atoms with Crippen molar-refractivity contribution in [3.63, 3.8) is 0 Å². The molecule has 1 aliphatic rings. The number of hydrogen-bond donors (Lipinski definition) is 1. The monoisotopic (exact) mass is 346 g/mol. The maximum atomic E-state index is 12.4. The minimum atomic E-state index is -0.465. The Bertz CT molecular complexity index is 618. The van der Waals surface area contributed by atoms with Crippen LogP contribution in [0.2, 0.25) is 0 Å². The maximum Gasteiger partial charge on any atom is 0.267 e. The highest BCUT2D eigenvalue weighted by Gasteiger charge is 2.33. The first-order valence-electron chi connectivity index (χ1n) is 8.42. The number of likely N-dealkylation sites (tertiary alicyclic amines) is 1. The molecule has 1 aromatic carbocycles. The quantitative estimate of drug-likeness (QED) is 0.717. The Morgan fingerprint density at radius 1 is 1.44 bits per heavy atom. The number of aliphatic imine (C=N–C) groups is 1. The Balaban J connectivity index is 1.87. The first-order chi connectivity index (χ1) is 12.0. The average Bonchev–Trinajstić information content (AvgIpc) is 3.09. The highest BCUT2D eigenvalue weighted by molar-refractivity contribution is 5.91. The van der Waals surface area contributed by atoms with Gasteiger partial charge in [-0.2, -0.15) is 0 Å². The molecule has 0 bridgehead atoms. The number of carbonyl (C=O) groups is 2. The van der Waals surface area contributed by atoms with Crippen molar-refractivity contribution in [2.75, 3.05) is 45.7 Å². The first-order valence-corrected chi connectivity index (χ1v) is 8.42. The van der Waals surface area contributed by atoms with Gasteiger partial charge in [0.05, 0.1) is 6.54 Å². The molecule has 1 heterocycles. The summed E-state index contributed by atoms with van der Waals surface area (Å²) in [6.45, 7) is 5.41. The zero-order valence-electron chi connectivity index (χ0n) is 14.9. The zero-order valence-corrected chi connectivity index (χ0v) is 14.9. The molecule has 1 N–H and O–H groups in total. The Kier molecular flexibility index (Phi) is 6.94. The summed E-state index contributed by atoms with van der Waals surface area (Å²) < 4.78 is 5.69. The molecule has 7 heteroatoms. The normalized spacial score (nSPS) is 16.8. The lowest BCUT2D eigenvalue weighted by Crippen LogP contribution is -2.42. The lowest BCUT2D eigenvalue weighted by Gasteiger charge is -2.22. The third kappa shape index (κ3) is 5.56. The van der Waals surface area contributed by atoms with Gasteiger partial charge in [-0.05, 0) is 45.8 Å². The van der Waals surface area contributed by atoms with E-state index in [2.05, 4.69) is 17.0 Å². The third-order valence-corrected chi connectivity index (χ3v) is 4.10. The van der Waals surface area contributed by atoms with Crippen LogP contribution in [0.1, 0.15) is 12.8 Å². The molecule has 1 unspecified atom stereocenters. The number of nitrogens with one attached hydrogen (secondary N) is 1. The van der Waals surface area contributed by atoms with Crippen LogP contribution in [0.15, 0.2) is 29.3 Å². The van der Waals surface area contributed by atoms with Crippen molar-refractivity contribution in [1.82, 2.24) is 9.80 Å². The number of benzene rings is 1. The fourth-order valence-electron chi connectivity index (χ4n) is 2.75. The first kappa shape index (κ1) is 18.9. The van der Waals surface area contributed by atoms with E-state index in [-0.39, 0.29) is 18.4 Å². The van der Waals surface area contributed by atoms with Crippen LogP contribution < -0.4 is 10.1 Å². The minimum Gasteiger partial charge on any atom is -0.492 e. The van der Waals surface area contributed by atoms with Crippen LogP contribution in [-0.4, -0.2) is 74.7 Å². The molecule has 0 aliphatic carbocycles. The van der Waals surface area contributed by atoms with Crippen LogP contribution in [0.5, 0.6) is 5.75 Å². The number of carbonyl (C=O) groups excluding carboxylic acids is 2. The Labute approximate surface area is 148 Å². The van der Waals surface area contributed by atoms with Crippen LogP contribution in [0.3, 0.4) is 0 Å². The van der Waals surface area contributed by atoms with E-state index in [4.69, 9.17) is 4.74 Å². The molecule has 0 saturated carbocycles. The smallest absolute Gasteiger partial charge is 0.267 e. The van der Waals surface area contributed by atoms with Gasteiger partial charge in [0.2, 0.25) is 5.91 Å². The Morgan fingerprint density at radius 3 is 2.96 bits per heavy atom. The summed E-state index contributed by atoms with van der Waals surface area (Å²) in [5.74, 6) is 0.310. The summed E-state index contributed by atoms with van der Waals surface area (Å²) in [6, 6.07) is 7.03. The number of hydrogen-bond acceptors (Lipinski definition) is 5. The summed E-state index contributed by atoms with van der Waals surface area (Å²) in [6.07, 6.45) is 1.46. The van der Waals surface area contributed by atoms with Crippen molar-refractivity contribution in [3.05, 3.63) is 24.3 Å². The molecule has 1 aromatic rings. The molecule has 0 spiro atoms. The number of anilines is 1. The topological polar surface area (TPSA) is 74.2 Å². The van der Waals surface area contributed by atoms with Crippen molar-refractivity contribution < 1.29 is 14.3 Å². The van der Waals surface area contributed by atoms with Crippen LogP contribution >= 0.6 is 0 Å². The summed E-state index contributed by atoms with van der Waals surface area (Å²) in [4.78, 5) is 31.2. The molecule has 1 saturated heterocycles. The molecule has 1 fully saturated rings. The number of rotatable bonds is 8. The molecule has 1 atom stereocenters. The molecule has 0 aromatic heterocycles. The van der Waals surface area contributed by atoms with E-state index in [1.807, 2.05) is 43.3 Å². The summed E-state index contributed by atoms with van der Waals surface area (Å²) in [7, 11) is 3.98. The number of amides is 2. The summed E-state index contributed by atoms with van der Waals surface area (Å²) >= 11 is 0. The second-order valence-electron chi connectivity index (χ2n) is 6.27. The fraction of sp³-hybridized carbons (Fsp3) is 0.500. The second-order valence-corrected chi connectivity index (χ2v) is 6.27. The predicted molar refractivity (Wildman–Crippen MR) is 98.3 cm³/mol. The summed E-state index contributed by atoms with van der Waals surface area (Å²) in [5, 5.41) is 3.10. The minimum absolute atomic E-state index is 0.113. The zero-order chi connectivity index (χ0) is 18.2. The van der Waals surface area contributed by atoms with Gasteiger partial charge >= 0.3 is 0 Å². The summed E-state index contributed by atoms with van der Waals surface area (Å²) in [5.41, 5.74) is 0.805. The largest absolute Gasteiger partial charge is 0.492 e. The van der Waals surface area contributed by atoms with E-state index in [0.717, 1.165) is 24.4 Å². The Hall–Kier alpha value is -2.41. The van der Waals surface area contributed by atoms with Crippen molar-refractivity contribution in [1.29, 1.82) is 0 Å². The van der Waals surface area contributed by atoms with Gasteiger partial charge < -0.3 is 19.9 Å². The van der Waals surface area contributed by atoms with Gasteiger partial charge in [0.1, 0.15) is 18.4 Å². The van der Waals surface area contributed by atoms with Crippen LogP contribution in [-0.2, 0) is 9.59 Å². The van der Waals surface area contributed by atoms with Gasteiger partial charge in [-0.3, -0.25) is 9.59 Å². The predicted octanol–water partition coefficient (Wildman–Crippen LogP) is 1.26. The van der Waals surface area contributed by atoms with E-state index < -0.39 is 6.04 Å². The van der Waals surface area contributed by atoms with E-state index in [9.17, 15) is 9.59 Å². The number of likely N-dealkylation sites (N-methyl/N-ethyl adjacent to an activating group) is 1. The van der Waals surface area contributed by atoms with Crippen LogP contribution in [0.25, 0.3) is 0 Å². The standard InChI is InChI=1S/C18H26N4O3/c1-19-18(24)16-8-5-9-22(16)17(23)13-20-14-6-4-7-15(12-14)25-11-10-21(2)3/h4,6-7,12,16,20H,1,5,8-11,13H2,2-3H3. The van der Waals surface area contributed by atoms with Gasteiger partial charge in [-0.1, -0.05) is 6.07 Å². The number of ether oxygens (including phenoxy) is 1. The van der Waals surface area contributed by atoms with Crippen molar-refractivity contribution in [2.24, 2.45) is 4.99 Å². The lowest BCUT2D eigenvalue weighted by atomic mass is 10.2. The lowest BCUT2D eigenvalue weighted by molar-refractivity contribution is -0.135. The number of nitrogens with zero attached hydrogens (tertiary/aromatic N) is 3. The molecule has 136 valence electrons. The fourth-order valence-corrected chi connectivity index (χ4v) is 2.75. The van der Waals surface area contributed by atoms with Gasteiger partial charge in [0.25, 0.3) is 5.91 Å². The molecular weight excluding hydrogens is 320 g/mol. The van der Waals surface area contributed by atoms with Gasteiger partial charge in [-0.15, -0.1) is 0 Å². The molecule has 0 radical (unpaired) electrons. The molecule has 2 amide bonds. The molecule has 7 nitrogen and oxygen atoms in total. The third-order valence-electron chi connectivity index (χ3n) is 4.10. The van der Waals surface area contributed by atoms with Crippen molar-refractivity contribution >= 4 is 24.2 Å². The van der Waals surface area contributed by atoms with Gasteiger partial charge in [0.15, 0.2) is 0 Å². The van der Waals surface area contributed by atoms with E-state index in [1.54, 1.807) is 4.90 Å².